The fraction of sp³-hybridized carbons (Fsp3) is 0.500. The second-order valence-electron chi connectivity index (χ2n) is 4.30. The summed E-state index contributed by atoms with van der Waals surface area (Å²) < 4.78 is 1.22. The quantitative estimate of drug-likeness (QED) is 0.765. The number of rotatable bonds is 3. The van der Waals surface area contributed by atoms with E-state index in [1.807, 2.05) is 0 Å². The Labute approximate surface area is 108 Å². The maximum atomic E-state index is 3.58. The Morgan fingerprint density at radius 2 is 2.13 bits per heavy atom. The van der Waals surface area contributed by atoms with Gasteiger partial charge >= 0.3 is 0 Å². The first-order chi connectivity index (χ1) is 7.19. The summed E-state index contributed by atoms with van der Waals surface area (Å²) in [6, 6.07) is 6.64. The van der Waals surface area contributed by atoms with Crippen molar-refractivity contribution in [2.45, 2.75) is 13.5 Å². The van der Waals surface area contributed by atoms with Crippen molar-refractivity contribution in [1.29, 1.82) is 0 Å². The van der Waals surface area contributed by atoms with Crippen LogP contribution in [0.3, 0.4) is 0 Å². The normalized spacial score (nSPS) is 17.8. The minimum Gasteiger partial charge on any atom is -0.298 e. The van der Waals surface area contributed by atoms with Gasteiger partial charge in [0.15, 0.2) is 0 Å². The highest BCUT2D eigenvalue weighted by Gasteiger charge is 2.25. The topological polar surface area (TPSA) is 3.24 Å². The van der Waals surface area contributed by atoms with Crippen LogP contribution in [0.15, 0.2) is 22.7 Å². The number of nitrogens with zero attached hydrogens (tertiary/aromatic N) is 1. The molecule has 82 valence electrons. The van der Waals surface area contributed by atoms with E-state index in [4.69, 9.17) is 0 Å². The molecule has 1 aromatic carbocycles. The number of halogens is 2. The third-order valence-corrected chi connectivity index (χ3v) is 4.66. The molecule has 1 heterocycles. The molecule has 0 N–H and O–H groups in total. The van der Waals surface area contributed by atoms with E-state index in [0.717, 1.165) is 17.8 Å². The van der Waals surface area contributed by atoms with Gasteiger partial charge in [-0.15, -0.1) is 0 Å². The Kier molecular flexibility index (Phi) is 3.86. The largest absolute Gasteiger partial charge is 0.298 e. The molecule has 1 nitrogen and oxygen atoms in total. The van der Waals surface area contributed by atoms with E-state index in [2.05, 4.69) is 61.9 Å². The van der Waals surface area contributed by atoms with Crippen molar-refractivity contribution in [2.24, 2.45) is 5.92 Å². The van der Waals surface area contributed by atoms with Gasteiger partial charge in [-0.2, -0.15) is 0 Å². The number of alkyl halides is 1. The standard InChI is InChI=1S/C12H15Br2N/c1-9-2-3-10(4-12(9)14)6-15-7-11(5-13)8-15/h2-4,11H,5-8H2,1H3. The van der Waals surface area contributed by atoms with E-state index in [9.17, 15) is 0 Å². The molecule has 0 amide bonds. The van der Waals surface area contributed by atoms with Gasteiger partial charge in [-0.05, 0) is 30.0 Å². The van der Waals surface area contributed by atoms with Crippen LogP contribution in [0.4, 0.5) is 0 Å². The predicted molar refractivity (Wildman–Crippen MR) is 71.4 cm³/mol. The lowest BCUT2D eigenvalue weighted by Gasteiger charge is -2.38. The summed E-state index contributed by atoms with van der Waals surface area (Å²) in [5.74, 6) is 0.860. The van der Waals surface area contributed by atoms with E-state index in [-0.39, 0.29) is 0 Å². The lowest BCUT2D eigenvalue weighted by atomic mass is 10.0. The summed E-state index contributed by atoms with van der Waals surface area (Å²) in [6.07, 6.45) is 0. The van der Waals surface area contributed by atoms with Crippen LogP contribution in [-0.2, 0) is 6.54 Å². The molecule has 0 unspecified atom stereocenters. The van der Waals surface area contributed by atoms with E-state index in [0.29, 0.717) is 0 Å². The number of likely N-dealkylation sites (tertiary alicyclic amines) is 1. The fourth-order valence-corrected chi connectivity index (χ4v) is 2.73. The molecule has 0 radical (unpaired) electrons. The van der Waals surface area contributed by atoms with Crippen LogP contribution in [-0.4, -0.2) is 23.3 Å². The Morgan fingerprint density at radius 1 is 1.40 bits per heavy atom. The van der Waals surface area contributed by atoms with Crippen LogP contribution in [0.2, 0.25) is 0 Å². The summed E-state index contributed by atoms with van der Waals surface area (Å²) in [7, 11) is 0. The smallest absolute Gasteiger partial charge is 0.0234 e. The number of aryl methyl sites for hydroxylation is 1. The molecular formula is C12H15Br2N. The Morgan fingerprint density at radius 3 is 2.73 bits per heavy atom. The Hall–Kier alpha value is 0.140. The van der Waals surface area contributed by atoms with E-state index < -0.39 is 0 Å². The molecule has 1 aliphatic rings. The molecule has 0 spiro atoms. The van der Waals surface area contributed by atoms with Crippen molar-refractivity contribution in [3.8, 4) is 0 Å². The van der Waals surface area contributed by atoms with Gasteiger partial charge in [0.25, 0.3) is 0 Å². The molecule has 1 aliphatic heterocycles. The molecule has 0 saturated carbocycles. The van der Waals surface area contributed by atoms with E-state index in [1.165, 1.54) is 28.7 Å². The van der Waals surface area contributed by atoms with Crippen LogP contribution >= 0.6 is 31.9 Å². The van der Waals surface area contributed by atoms with Gasteiger partial charge in [-0.3, -0.25) is 4.90 Å². The van der Waals surface area contributed by atoms with Gasteiger partial charge in [0, 0.05) is 29.4 Å². The van der Waals surface area contributed by atoms with Gasteiger partial charge in [0.1, 0.15) is 0 Å². The van der Waals surface area contributed by atoms with Crippen molar-refractivity contribution in [2.75, 3.05) is 18.4 Å². The van der Waals surface area contributed by atoms with Crippen molar-refractivity contribution >= 4 is 31.9 Å². The van der Waals surface area contributed by atoms with Crippen LogP contribution in [0.5, 0.6) is 0 Å². The molecule has 1 saturated heterocycles. The molecular weight excluding hydrogens is 318 g/mol. The summed E-state index contributed by atoms with van der Waals surface area (Å²) >= 11 is 7.10. The summed E-state index contributed by atoms with van der Waals surface area (Å²) in [5, 5.41) is 1.14. The zero-order chi connectivity index (χ0) is 10.8. The molecule has 0 aromatic heterocycles. The molecule has 0 atom stereocenters. The highest BCUT2D eigenvalue weighted by atomic mass is 79.9. The number of hydrogen-bond donors (Lipinski definition) is 0. The van der Waals surface area contributed by atoms with Crippen LogP contribution in [0.1, 0.15) is 11.1 Å². The zero-order valence-corrected chi connectivity index (χ0v) is 12.0. The SMILES string of the molecule is Cc1ccc(CN2CC(CBr)C2)cc1Br. The molecule has 0 aliphatic carbocycles. The summed E-state index contributed by atoms with van der Waals surface area (Å²) in [5.41, 5.74) is 2.71. The summed E-state index contributed by atoms with van der Waals surface area (Å²) in [6.45, 7) is 5.67. The second-order valence-corrected chi connectivity index (χ2v) is 5.80. The van der Waals surface area contributed by atoms with Gasteiger partial charge in [-0.25, -0.2) is 0 Å². The number of hydrogen-bond acceptors (Lipinski definition) is 1. The van der Waals surface area contributed by atoms with Crippen LogP contribution in [0.25, 0.3) is 0 Å². The average Bonchev–Trinajstić information content (AvgIpc) is 2.16. The Bertz CT molecular complexity index is 345. The van der Waals surface area contributed by atoms with Gasteiger partial charge < -0.3 is 0 Å². The Balaban J connectivity index is 1.92. The molecule has 2 rings (SSSR count). The monoisotopic (exact) mass is 331 g/mol. The van der Waals surface area contributed by atoms with Crippen LogP contribution < -0.4 is 0 Å². The zero-order valence-electron chi connectivity index (χ0n) is 8.84. The minimum atomic E-state index is 0.860. The lowest BCUT2D eigenvalue weighted by Crippen LogP contribution is -2.46. The first-order valence-corrected chi connectivity index (χ1v) is 7.14. The highest BCUT2D eigenvalue weighted by molar-refractivity contribution is 9.10. The molecule has 0 bridgehead atoms. The van der Waals surface area contributed by atoms with Gasteiger partial charge in [-0.1, -0.05) is 44.0 Å². The molecule has 1 fully saturated rings. The molecule has 1 aromatic rings. The predicted octanol–water partition coefficient (Wildman–Crippen LogP) is 3.58. The second kappa shape index (κ2) is 4.98. The van der Waals surface area contributed by atoms with Crippen molar-refractivity contribution in [1.82, 2.24) is 4.90 Å². The average molecular weight is 333 g/mol. The summed E-state index contributed by atoms with van der Waals surface area (Å²) in [4.78, 5) is 2.49. The third-order valence-electron chi connectivity index (χ3n) is 2.89. The lowest BCUT2D eigenvalue weighted by molar-refractivity contribution is 0.108. The molecule has 3 heteroatoms. The van der Waals surface area contributed by atoms with Crippen molar-refractivity contribution in [3.63, 3.8) is 0 Å². The first kappa shape index (κ1) is 11.6. The van der Waals surface area contributed by atoms with Crippen molar-refractivity contribution < 1.29 is 0 Å². The van der Waals surface area contributed by atoms with E-state index in [1.54, 1.807) is 0 Å². The van der Waals surface area contributed by atoms with Gasteiger partial charge in [0.05, 0.1) is 0 Å². The minimum absolute atomic E-state index is 0.860. The van der Waals surface area contributed by atoms with Crippen molar-refractivity contribution in [3.05, 3.63) is 33.8 Å². The first-order valence-electron chi connectivity index (χ1n) is 5.22. The molecule has 15 heavy (non-hydrogen) atoms. The van der Waals surface area contributed by atoms with E-state index >= 15 is 0 Å². The third kappa shape index (κ3) is 2.83. The van der Waals surface area contributed by atoms with Gasteiger partial charge in [0.2, 0.25) is 0 Å². The number of benzene rings is 1. The van der Waals surface area contributed by atoms with Crippen LogP contribution in [0, 0.1) is 12.8 Å². The highest BCUT2D eigenvalue weighted by Crippen LogP contribution is 2.23. The maximum Gasteiger partial charge on any atom is 0.0234 e. The maximum absolute atomic E-state index is 3.58. The fourth-order valence-electron chi connectivity index (χ4n) is 1.90.